The van der Waals surface area contributed by atoms with Gasteiger partial charge < -0.3 is 4.90 Å². The second kappa shape index (κ2) is 9.30. The van der Waals surface area contributed by atoms with Crippen LogP contribution in [0.2, 0.25) is 0 Å². The Hall–Kier alpha value is -3.25. The van der Waals surface area contributed by atoms with Gasteiger partial charge in [0.1, 0.15) is 11.6 Å². The average molecular weight is 413 g/mol. The number of carbonyl (C=O) groups excluding carboxylic acids is 1. The molecule has 1 amide bonds. The second-order valence-electron chi connectivity index (χ2n) is 6.12. The van der Waals surface area contributed by atoms with E-state index in [0.29, 0.717) is 23.1 Å². The normalized spacial score (nSPS) is 10.6. The fourth-order valence-corrected chi connectivity index (χ4v) is 3.48. The minimum absolute atomic E-state index is 0.0394. The number of benzene rings is 2. The summed E-state index contributed by atoms with van der Waals surface area (Å²) in [7, 11) is 1.61. The number of aromatic nitrogens is 3. The molecule has 0 bridgehead atoms. The van der Waals surface area contributed by atoms with Crippen molar-refractivity contribution in [2.45, 2.75) is 11.6 Å². The Morgan fingerprint density at radius 1 is 1.21 bits per heavy atom. The molecule has 0 aliphatic rings. The minimum atomic E-state index is -0.763. The highest BCUT2D eigenvalue weighted by Crippen LogP contribution is 2.29. The zero-order chi connectivity index (χ0) is 20.8. The minimum Gasteiger partial charge on any atom is -0.344 e. The van der Waals surface area contributed by atoms with E-state index in [0.717, 1.165) is 23.9 Å². The number of hydrogen-bond acceptors (Lipinski definition) is 5. The quantitative estimate of drug-likeness (QED) is 0.553. The molecule has 0 aliphatic carbocycles. The summed E-state index contributed by atoms with van der Waals surface area (Å²) in [6.07, 6.45) is 0.238. The molecule has 0 saturated heterocycles. The Kier molecular flexibility index (Phi) is 6.57. The Balaban J connectivity index is 1.95. The molecule has 148 valence electrons. The van der Waals surface area contributed by atoms with Gasteiger partial charge in [-0.05, 0) is 12.1 Å². The maximum atomic E-state index is 14.5. The van der Waals surface area contributed by atoms with Gasteiger partial charge in [0.25, 0.3) is 0 Å². The van der Waals surface area contributed by atoms with Crippen molar-refractivity contribution in [3.63, 3.8) is 0 Å². The van der Waals surface area contributed by atoms with Crippen molar-refractivity contribution >= 4 is 17.7 Å². The van der Waals surface area contributed by atoms with Crippen molar-refractivity contribution in [3.8, 4) is 23.1 Å². The molecule has 3 aromatic rings. The predicted molar refractivity (Wildman–Crippen MR) is 105 cm³/mol. The molecule has 3 rings (SSSR count). The molecule has 0 atom stereocenters. The van der Waals surface area contributed by atoms with Crippen LogP contribution in [0.25, 0.3) is 17.1 Å². The lowest BCUT2D eigenvalue weighted by Crippen LogP contribution is -2.29. The summed E-state index contributed by atoms with van der Waals surface area (Å²) in [5.74, 6) is -1.23. The van der Waals surface area contributed by atoms with Gasteiger partial charge in [-0.1, -0.05) is 42.1 Å². The van der Waals surface area contributed by atoms with Crippen LogP contribution in [0.5, 0.6) is 0 Å². The summed E-state index contributed by atoms with van der Waals surface area (Å²) >= 11 is 1.09. The smallest absolute Gasteiger partial charge is 0.232 e. The van der Waals surface area contributed by atoms with Crippen molar-refractivity contribution in [1.82, 2.24) is 19.7 Å². The number of hydrogen-bond donors (Lipinski definition) is 0. The van der Waals surface area contributed by atoms with E-state index < -0.39 is 11.6 Å². The van der Waals surface area contributed by atoms with Crippen molar-refractivity contribution in [1.29, 1.82) is 5.26 Å². The molecule has 1 aromatic heterocycles. The first-order valence-corrected chi connectivity index (χ1v) is 9.69. The van der Waals surface area contributed by atoms with Gasteiger partial charge in [-0.25, -0.2) is 8.78 Å². The van der Waals surface area contributed by atoms with Crippen LogP contribution in [0, 0.1) is 23.0 Å². The van der Waals surface area contributed by atoms with Crippen molar-refractivity contribution < 1.29 is 13.6 Å². The van der Waals surface area contributed by atoms with Crippen LogP contribution >= 0.6 is 11.8 Å². The number of nitriles is 1. The standard InChI is InChI=1S/C20H17F2N5OS/c1-26(11-5-10-23)18(28)13-29-20-25-24-19(14-6-3-2-4-7-14)27(20)17-9-8-15(21)12-16(17)22/h2-4,6-9,12H,5,11,13H2,1H3. The van der Waals surface area contributed by atoms with Gasteiger partial charge in [-0.15, -0.1) is 10.2 Å². The molecule has 0 radical (unpaired) electrons. The lowest BCUT2D eigenvalue weighted by atomic mass is 10.2. The van der Waals surface area contributed by atoms with Crippen molar-refractivity contribution in [2.24, 2.45) is 0 Å². The molecule has 0 unspecified atom stereocenters. The topological polar surface area (TPSA) is 74.8 Å². The summed E-state index contributed by atoms with van der Waals surface area (Å²) in [5, 5.41) is 17.2. The van der Waals surface area contributed by atoms with Crippen LogP contribution in [0.1, 0.15) is 6.42 Å². The fourth-order valence-electron chi connectivity index (χ4n) is 2.60. The molecule has 9 heteroatoms. The van der Waals surface area contributed by atoms with Crippen LogP contribution in [0.3, 0.4) is 0 Å². The van der Waals surface area contributed by atoms with Crippen LogP contribution in [0.15, 0.2) is 53.7 Å². The van der Waals surface area contributed by atoms with E-state index in [1.54, 1.807) is 19.2 Å². The first-order valence-electron chi connectivity index (χ1n) is 8.71. The number of rotatable bonds is 7. The third-order valence-corrected chi connectivity index (χ3v) is 5.04. The Morgan fingerprint density at radius 3 is 2.66 bits per heavy atom. The highest BCUT2D eigenvalue weighted by Gasteiger charge is 2.20. The van der Waals surface area contributed by atoms with Gasteiger partial charge in [-0.3, -0.25) is 9.36 Å². The number of carbonyl (C=O) groups is 1. The number of thioether (sulfide) groups is 1. The van der Waals surface area contributed by atoms with E-state index in [2.05, 4.69) is 10.2 Å². The zero-order valence-electron chi connectivity index (χ0n) is 15.5. The van der Waals surface area contributed by atoms with Gasteiger partial charge in [0, 0.05) is 25.2 Å². The Bertz CT molecular complexity index is 1050. The van der Waals surface area contributed by atoms with Crippen LogP contribution in [-0.4, -0.2) is 44.9 Å². The van der Waals surface area contributed by atoms with Crippen molar-refractivity contribution in [2.75, 3.05) is 19.3 Å². The molecular weight excluding hydrogens is 396 g/mol. The predicted octanol–water partition coefficient (Wildman–Crippen LogP) is 3.68. The number of halogens is 2. The van der Waals surface area contributed by atoms with Gasteiger partial charge in [-0.2, -0.15) is 5.26 Å². The molecule has 2 aromatic carbocycles. The molecule has 29 heavy (non-hydrogen) atoms. The molecule has 1 heterocycles. The molecule has 0 aliphatic heterocycles. The highest BCUT2D eigenvalue weighted by atomic mass is 32.2. The maximum absolute atomic E-state index is 14.5. The lowest BCUT2D eigenvalue weighted by molar-refractivity contribution is -0.127. The van der Waals surface area contributed by atoms with Gasteiger partial charge in [0.15, 0.2) is 11.0 Å². The summed E-state index contributed by atoms with van der Waals surface area (Å²) in [6, 6.07) is 14.3. The molecule has 0 spiro atoms. The van der Waals surface area contributed by atoms with Gasteiger partial charge in [0.05, 0.1) is 23.9 Å². The molecule has 0 fully saturated rings. The van der Waals surface area contributed by atoms with E-state index >= 15 is 0 Å². The van der Waals surface area contributed by atoms with E-state index in [4.69, 9.17) is 5.26 Å². The SMILES string of the molecule is CN(CCC#N)C(=O)CSc1nnc(-c2ccccc2)n1-c1ccc(F)cc1F. The number of nitrogens with zero attached hydrogens (tertiary/aromatic N) is 5. The number of amides is 1. The summed E-state index contributed by atoms with van der Waals surface area (Å²) < 4.78 is 29.4. The summed E-state index contributed by atoms with van der Waals surface area (Å²) in [4.78, 5) is 13.7. The molecule has 0 N–H and O–H groups in total. The first-order chi connectivity index (χ1) is 14.0. The summed E-state index contributed by atoms with van der Waals surface area (Å²) in [5.41, 5.74) is 0.788. The van der Waals surface area contributed by atoms with E-state index in [-0.39, 0.29) is 23.8 Å². The largest absolute Gasteiger partial charge is 0.344 e. The monoisotopic (exact) mass is 413 g/mol. The maximum Gasteiger partial charge on any atom is 0.232 e. The Morgan fingerprint density at radius 2 is 1.97 bits per heavy atom. The lowest BCUT2D eigenvalue weighted by Gasteiger charge is -2.15. The van der Waals surface area contributed by atoms with Gasteiger partial charge in [0.2, 0.25) is 5.91 Å². The van der Waals surface area contributed by atoms with Crippen molar-refractivity contribution in [3.05, 3.63) is 60.2 Å². The molecular formula is C20H17F2N5OS. The average Bonchev–Trinajstić information content (AvgIpc) is 3.14. The van der Waals surface area contributed by atoms with Crippen LogP contribution in [0.4, 0.5) is 8.78 Å². The van der Waals surface area contributed by atoms with E-state index in [1.165, 1.54) is 15.5 Å². The third-order valence-electron chi connectivity index (χ3n) is 4.13. The first kappa shape index (κ1) is 20.5. The van der Waals surface area contributed by atoms with E-state index in [1.807, 2.05) is 24.3 Å². The van der Waals surface area contributed by atoms with Crippen LogP contribution < -0.4 is 0 Å². The Labute approximate surface area is 170 Å². The fraction of sp³-hybridized carbons (Fsp3) is 0.200. The van der Waals surface area contributed by atoms with Gasteiger partial charge >= 0.3 is 0 Å². The van der Waals surface area contributed by atoms with E-state index in [9.17, 15) is 13.6 Å². The molecule has 0 saturated carbocycles. The summed E-state index contributed by atoms with van der Waals surface area (Å²) in [6.45, 7) is 0.324. The highest BCUT2D eigenvalue weighted by molar-refractivity contribution is 7.99. The third kappa shape index (κ3) is 4.78. The molecule has 6 nitrogen and oxygen atoms in total. The second-order valence-corrected chi connectivity index (χ2v) is 7.06. The van der Waals surface area contributed by atoms with Crippen LogP contribution in [-0.2, 0) is 4.79 Å². The zero-order valence-corrected chi connectivity index (χ0v) is 16.4.